The van der Waals surface area contributed by atoms with Crippen LogP contribution in [0.5, 0.6) is 0 Å². The van der Waals surface area contributed by atoms with Crippen molar-refractivity contribution in [2.75, 3.05) is 0 Å². The molecule has 0 bridgehead atoms. The first-order valence-electron chi connectivity index (χ1n) is 13.8. The van der Waals surface area contributed by atoms with Gasteiger partial charge >= 0.3 is 0 Å². The van der Waals surface area contributed by atoms with Gasteiger partial charge in [0.05, 0.1) is 0 Å². The summed E-state index contributed by atoms with van der Waals surface area (Å²) in [5.74, 6) is -1.31. The van der Waals surface area contributed by atoms with Gasteiger partial charge in [0.15, 0.2) is 14.6 Å². The fourth-order valence-electron chi connectivity index (χ4n) is 5.41. The van der Waals surface area contributed by atoms with Crippen LogP contribution in [0.2, 0.25) is 12.6 Å². The zero-order valence-electron chi connectivity index (χ0n) is 22.6. The number of hydrogen-bond acceptors (Lipinski definition) is 2. The number of nitrogens with two attached hydrogens (primary N) is 2. The summed E-state index contributed by atoms with van der Waals surface area (Å²) in [5.41, 5.74) is 15.2. The molecule has 2 nitrogen and oxygen atoms in total. The van der Waals surface area contributed by atoms with Gasteiger partial charge in [0.1, 0.15) is 23.3 Å². The number of halogens is 4. The van der Waals surface area contributed by atoms with E-state index in [9.17, 15) is 17.6 Å². The van der Waals surface area contributed by atoms with E-state index in [0.29, 0.717) is 14.6 Å². The van der Waals surface area contributed by atoms with Crippen molar-refractivity contribution in [3.63, 3.8) is 0 Å². The van der Waals surface area contributed by atoms with E-state index in [2.05, 4.69) is 0 Å². The van der Waals surface area contributed by atoms with Gasteiger partial charge in [-0.05, 0) is 70.8 Å². The summed E-state index contributed by atoms with van der Waals surface area (Å²) in [4.78, 5) is 0. The molecule has 0 radical (unpaired) electrons. The molecule has 0 saturated carbocycles. The molecule has 0 atom stereocenters. The van der Waals surface area contributed by atoms with Gasteiger partial charge in [-0.15, -0.1) is 0 Å². The molecule has 0 heterocycles. The van der Waals surface area contributed by atoms with Crippen LogP contribution in [-0.2, 0) is 10.9 Å². The number of hydrogen-bond donors (Lipinski definition) is 2. The Labute approximate surface area is 235 Å². The van der Waals surface area contributed by atoms with Gasteiger partial charge in [0, 0.05) is 10.9 Å². The van der Waals surface area contributed by atoms with E-state index in [1.54, 1.807) is 48.5 Å². The van der Waals surface area contributed by atoms with Gasteiger partial charge in [-0.3, -0.25) is 0 Å². The molecule has 0 aliphatic rings. The minimum absolute atomic E-state index is 0.328. The number of benzene rings is 4. The molecule has 0 aromatic heterocycles. The maximum atomic E-state index is 13.6. The van der Waals surface area contributed by atoms with Crippen LogP contribution in [-0.4, -0.2) is 14.6 Å². The topological polar surface area (TPSA) is 52.0 Å². The predicted molar refractivity (Wildman–Crippen MR) is 158 cm³/mol. The van der Waals surface area contributed by atoms with Crippen molar-refractivity contribution < 1.29 is 17.6 Å². The Morgan fingerprint density at radius 1 is 0.400 bits per heavy atom. The molecule has 4 aromatic rings. The Bertz CT molecular complexity index is 1150. The first-order chi connectivity index (χ1) is 19.2. The Kier molecular flexibility index (Phi) is 9.88. The van der Waals surface area contributed by atoms with E-state index in [4.69, 9.17) is 11.5 Å². The Hall–Kier alpha value is -3.35. The first-order valence-corrected chi connectivity index (χ1v) is 13.8. The van der Waals surface area contributed by atoms with Crippen molar-refractivity contribution in [2.24, 2.45) is 11.5 Å². The average Bonchev–Trinajstić information content (AvgIpc) is 2.95. The SMILES string of the molecule is NC(BCCCCCCBC(N)(c1ccc(F)cc1)c1ccc(F)cc1)(c1ccc(F)cc1)c1ccc(F)cc1. The van der Waals surface area contributed by atoms with Gasteiger partial charge in [0.2, 0.25) is 0 Å². The molecule has 0 fully saturated rings. The van der Waals surface area contributed by atoms with Crippen LogP contribution < -0.4 is 11.5 Å². The van der Waals surface area contributed by atoms with Gasteiger partial charge in [-0.1, -0.05) is 86.9 Å². The third-order valence-corrected chi connectivity index (χ3v) is 7.83. The van der Waals surface area contributed by atoms with E-state index in [-0.39, 0.29) is 23.3 Å². The average molecular weight is 544 g/mol. The van der Waals surface area contributed by atoms with Crippen molar-refractivity contribution in [3.8, 4) is 0 Å². The third-order valence-electron chi connectivity index (χ3n) is 7.83. The highest BCUT2D eigenvalue weighted by Crippen LogP contribution is 2.30. The van der Waals surface area contributed by atoms with Crippen molar-refractivity contribution in [3.05, 3.63) is 143 Å². The van der Waals surface area contributed by atoms with Gasteiger partial charge in [-0.2, -0.15) is 0 Å². The first kappa shape index (κ1) is 29.6. The number of rotatable bonds is 13. The predicted octanol–water partition coefficient (Wildman–Crippen LogP) is 6.53. The van der Waals surface area contributed by atoms with Crippen molar-refractivity contribution in [1.29, 1.82) is 0 Å². The van der Waals surface area contributed by atoms with E-state index in [1.807, 2.05) is 0 Å². The summed E-state index contributed by atoms with van der Waals surface area (Å²) < 4.78 is 54.2. The summed E-state index contributed by atoms with van der Waals surface area (Å²) in [6.45, 7) is 0. The summed E-state index contributed by atoms with van der Waals surface area (Å²) in [5, 5.41) is 0. The summed E-state index contributed by atoms with van der Waals surface area (Å²) >= 11 is 0. The van der Waals surface area contributed by atoms with E-state index < -0.39 is 10.9 Å². The normalized spacial score (nSPS) is 11.8. The smallest absolute Gasteiger partial charge is 0.157 e. The molecule has 4 rings (SSSR count). The summed E-state index contributed by atoms with van der Waals surface area (Å²) in [7, 11) is 1.29. The van der Waals surface area contributed by atoms with Crippen LogP contribution >= 0.6 is 0 Å². The van der Waals surface area contributed by atoms with Crippen molar-refractivity contribution >= 4 is 14.6 Å². The van der Waals surface area contributed by atoms with Crippen LogP contribution in [0.15, 0.2) is 97.1 Å². The monoisotopic (exact) mass is 544 g/mol. The maximum Gasteiger partial charge on any atom is 0.157 e. The lowest BCUT2D eigenvalue weighted by atomic mass is 9.50. The Morgan fingerprint density at radius 3 is 0.850 bits per heavy atom. The molecular formula is C32H34B2F4N2. The third kappa shape index (κ3) is 7.23. The van der Waals surface area contributed by atoms with Crippen LogP contribution in [0.3, 0.4) is 0 Å². The fourth-order valence-corrected chi connectivity index (χ4v) is 5.41. The summed E-state index contributed by atoms with van der Waals surface area (Å²) in [6, 6.07) is 24.7. The lowest BCUT2D eigenvalue weighted by Gasteiger charge is -2.31. The zero-order valence-corrected chi connectivity index (χ0v) is 22.6. The highest BCUT2D eigenvalue weighted by Gasteiger charge is 2.31. The molecule has 0 spiro atoms. The fraction of sp³-hybridized carbons (Fsp3) is 0.250. The molecule has 40 heavy (non-hydrogen) atoms. The zero-order chi connectivity index (χ0) is 28.6. The minimum atomic E-state index is -0.842. The second kappa shape index (κ2) is 13.3. The van der Waals surface area contributed by atoms with Crippen molar-refractivity contribution in [1.82, 2.24) is 0 Å². The molecular weight excluding hydrogens is 510 g/mol. The molecule has 0 aliphatic carbocycles. The van der Waals surface area contributed by atoms with Gasteiger partial charge in [-0.25, -0.2) is 17.6 Å². The standard InChI is InChI=1S/C32H34B2F4N2/c35-27-13-5-23(6-14-27)31(39,24-7-15-28(36)16-8-24)33-21-3-1-2-4-22-34-32(40,25-9-17-29(37)18-10-25)26-11-19-30(38)20-12-26/h5-20,33-34H,1-4,21-22,39-40H2. The molecule has 4 aromatic carbocycles. The van der Waals surface area contributed by atoms with E-state index >= 15 is 0 Å². The minimum Gasteiger partial charge on any atom is -0.325 e. The quantitative estimate of drug-likeness (QED) is 0.114. The largest absolute Gasteiger partial charge is 0.325 e. The van der Waals surface area contributed by atoms with E-state index in [1.165, 1.54) is 48.5 Å². The van der Waals surface area contributed by atoms with Crippen molar-refractivity contribution in [2.45, 2.75) is 49.2 Å². The summed E-state index contributed by atoms with van der Waals surface area (Å²) in [6.07, 6.45) is 5.66. The van der Waals surface area contributed by atoms with Gasteiger partial charge in [0.25, 0.3) is 0 Å². The molecule has 206 valence electrons. The van der Waals surface area contributed by atoms with Crippen LogP contribution in [0.4, 0.5) is 17.6 Å². The van der Waals surface area contributed by atoms with Gasteiger partial charge < -0.3 is 11.5 Å². The highest BCUT2D eigenvalue weighted by molar-refractivity contribution is 6.41. The highest BCUT2D eigenvalue weighted by atomic mass is 19.1. The molecule has 8 heteroatoms. The number of unbranched alkanes of at least 4 members (excludes halogenated alkanes) is 3. The second-order valence-electron chi connectivity index (χ2n) is 10.6. The van der Waals surface area contributed by atoms with Crippen LogP contribution in [0.25, 0.3) is 0 Å². The molecule has 0 unspecified atom stereocenters. The Morgan fingerprint density at radius 2 is 0.625 bits per heavy atom. The lowest BCUT2D eigenvalue weighted by molar-refractivity contribution is 0.620. The molecule has 0 saturated heterocycles. The van der Waals surface area contributed by atoms with Crippen LogP contribution in [0, 0.1) is 23.3 Å². The molecule has 0 amide bonds. The van der Waals surface area contributed by atoms with Crippen LogP contribution in [0.1, 0.15) is 47.9 Å². The lowest BCUT2D eigenvalue weighted by Crippen LogP contribution is -2.44. The Balaban J connectivity index is 1.31. The second-order valence-corrected chi connectivity index (χ2v) is 10.6. The molecule has 0 aliphatic heterocycles. The van der Waals surface area contributed by atoms with E-state index in [0.717, 1.165) is 60.6 Å². The molecule has 4 N–H and O–H groups in total. The maximum absolute atomic E-state index is 13.6.